The van der Waals surface area contributed by atoms with Gasteiger partial charge in [-0.1, -0.05) is 17.7 Å². The molecule has 21 heavy (non-hydrogen) atoms. The summed E-state index contributed by atoms with van der Waals surface area (Å²) in [5, 5.41) is 2.76. The Labute approximate surface area is 125 Å². The maximum absolute atomic E-state index is 12.1. The van der Waals surface area contributed by atoms with Crippen LogP contribution in [0.5, 0.6) is 5.75 Å². The van der Waals surface area contributed by atoms with E-state index in [-0.39, 0.29) is 5.91 Å². The fourth-order valence-corrected chi connectivity index (χ4v) is 2.01. The lowest BCUT2D eigenvalue weighted by Gasteiger charge is -2.16. The molecule has 110 valence electrons. The molecule has 4 nitrogen and oxygen atoms in total. The van der Waals surface area contributed by atoms with Gasteiger partial charge in [-0.15, -0.1) is 0 Å². The maximum Gasteiger partial charge on any atom is 0.266 e. The zero-order valence-corrected chi connectivity index (χ0v) is 12.8. The molecule has 1 atom stereocenters. The van der Waals surface area contributed by atoms with Crippen LogP contribution in [0.15, 0.2) is 36.5 Å². The summed E-state index contributed by atoms with van der Waals surface area (Å²) < 4.78 is 5.72. The lowest BCUT2D eigenvalue weighted by molar-refractivity contribution is -0.122. The highest BCUT2D eigenvalue weighted by Crippen LogP contribution is 2.20. The van der Waals surface area contributed by atoms with Crippen LogP contribution < -0.4 is 10.1 Å². The van der Waals surface area contributed by atoms with Gasteiger partial charge in [-0.2, -0.15) is 0 Å². The van der Waals surface area contributed by atoms with Crippen LogP contribution in [-0.4, -0.2) is 17.0 Å². The second-order valence-corrected chi connectivity index (χ2v) is 5.24. The van der Waals surface area contributed by atoms with Crippen molar-refractivity contribution in [2.45, 2.75) is 33.8 Å². The van der Waals surface area contributed by atoms with Gasteiger partial charge < -0.3 is 10.1 Å². The zero-order chi connectivity index (χ0) is 15.4. The maximum atomic E-state index is 12.1. The van der Waals surface area contributed by atoms with Gasteiger partial charge in [0.05, 0.1) is 0 Å². The summed E-state index contributed by atoms with van der Waals surface area (Å²) in [6.07, 6.45) is 1.08. The molecule has 0 radical (unpaired) electrons. The third-order valence-electron chi connectivity index (χ3n) is 3.17. The number of benzene rings is 1. The SMILES string of the molecule is Cc1ccnc(NC(=O)[C@@H](C)Oc2ccc(C)cc2C)c1. The summed E-state index contributed by atoms with van der Waals surface area (Å²) in [7, 11) is 0. The first-order chi connectivity index (χ1) is 9.95. The molecule has 0 aliphatic rings. The third-order valence-corrected chi connectivity index (χ3v) is 3.17. The summed E-state index contributed by atoms with van der Waals surface area (Å²) in [6.45, 7) is 7.67. The lowest BCUT2D eigenvalue weighted by Crippen LogP contribution is -2.30. The van der Waals surface area contributed by atoms with E-state index in [1.807, 2.05) is 51.1 Å². The van der Waals surface area contributed by atoms with Gasteiger partial charge in [0, 0.05) is 6.20 Å². The van der Waals surface area contributed by atoms with Crippen molar-refractivity contribution in [3.63, 3.8) is 0 Å². The molecule has 1 heterocycles. The quantitative estimate of drug-likeness (QED) is 0.936. The minimum absolute atomic E-state index is 0.215. The van der Waals surface area contributed by atoms with Gasteiger partial charge in [0.15, 0.2) is 6.10 Å². The van der Waals surface area contributed by atoms with Crippen LogP contribution in [0.25, 0.3) is 0 Å². The lowest BCUT2D eigenvalue weighted by atomic mass is 10.1. The average molecular weight is 284 g/mol. The van der Waals surface area contributed by atoms with Crippen molar-refractivity contribution in [2.24, 2.45) is 0 Å². The van der Waals surface area contributed by atoms with Gasteiger partial charge in [0.25, 0.3) is 5.91 Å². The highest BCUT2D eigenvalue weighted by Gasteiger charge is 2.16. The molecular weight excluding hydrogens is 264 g/mol. The molecule has 0 unspecified atom stereocenters. The summed E-state index contributed by atoms with van der Waals surface area (Å²) in [5.41, 5.74) is 3.23. The van der Waals surface area contributed by atoms with Crippen molar-refractivity contribution in [2.75, 3.05) is 5.32 Å². The number of aryl methyl sites for hydroxylation is 3. The molecule has 0 saturated heterocycles. The topological polar surface area (TPSA) is 51.2 Å². The highest BCUT2D eigenvalue weighted by molar-refractivity contribution is 5.93. The Kier molecular flexibility index (Phi) is 4.58. The molecular formula is C17H20N2O2. The van der Waals surface area contributed by atoms with E-state index in [1.165, 1.54) is 5.56 Å². The molecule has 1 aromatic carbocycles. The summed E-state index contributed by atoms with van der Waals surface area (Å²) in [5.74, 6) is 1.05. The van der Waals surface area contributed by atoms with Crippen molar-refractivity contribution < 1.29 is 9.53 Å². The second-order valence-electron chi connectivity index (χ2n) is 5.24. The molecule has 0 saturated carbocycles. The average Bonchev–Trinajstić information content (AvgIpc) is 2.41. The number of aromatic nitrogens is 1. The molecule has 0 fully saturated rings. The minimum atomic E-state index is -0.589. The van der Waals surface area contributed by atoms with E-state index in [0.717, 1.165) is 16.9 Å². The molecule has 0 aliphatic heterocycles. The number of ether oxygens (including phenoxy) is 1. The number of hydrogen-bond donors (Lipinski definition) is 1. The van der Waals surface area contributed by atoms with E-state index in [9.17, 15) is 4.79 Å². The molecule has 0 bridgehead atoms. The number of pyridine rings is 1. The highest BCUT2D eigenvalue weighted by atomic mass is 16.5. The minimum Gasteiger partial charge on any atom is -0.481 e. The van der Waals surface area contributed by atoms with Crippen molar-refractivity contribution in [1.82, 2.24) is 4.98 Å². The Morgan fingerprint density at radius 3 is 2.52 bits per heavy atom. The Hall–Kier alpha value is -2.36. The van der Waals surface area contributed by atoms with Crippen LogP contribution in [0.3, 0.4) is 0 Å². The van der Waals surface area contributed by atoms with Crippen LogP contribution in [0.2, 0.25) is 0 Å². The van der Waals surface area contributed by atoms with Gasteiger partial charge in [0.1, 0.15) is 11.6 Å². The van der Waals surface area contributed by atoms with Crippen LogP contribution in [-0.2, 0) is 4.79 Å². The van der Waals surface area contributed by atoms with Gasteiger partial charge in [-0.3, -0.25) is 4.79 Å². The van der Waals surface area contributed by atoms with E-state index in [2.05, 4.69) is 10.3 Å². The van der Waals surface area contributed by atoms with Crippen molar-refractivity contribution in [1.29, 1.82) is 0 Å². The largest absolute Gasteiger partial charge is 0.481 e. The second kappa shape index (κ2) is 6.39. The summed E-state index contributed by atoms with van der Waals surface area (Å²) in [6, 6.07) is 9.59. The number of carbonyl (C=O) groups excluding carboxylic acids is 1. The van der Waals surface area contributed by atoms with Gasteiger partial charge in [-0.05, 0) is 57.0 Å². The number of hydrogen-bond acceptors (Lipinski definition) is 3. The van der Waals surface area contributed by atoms with E-state index in [0.29, 0.717) is 5.82 Å². The molecule has 1 aromatic heterocycles. The first-order valence-electron chi connectivity index (χ1n) is 6.93. The first-order valence-corrected chi connectivity index (χ1v) is 6.93. The molecule has 0 aliphatic carbocycles. The summed E-state index contributed by atoms with van der Waals surface area (Å²) in [4.78, 5) is 16.2. The number of anilines is 1. The van der Waals surface area contributed by atoms with Crippen molar-refractivity contribution in [3.05, 3.63) is 53.2 Å². The Bertz CT molecular complexity index is 653. The zero-order valence-electron chi connectivity index (χ0n) is 12.8. The number of amides is 1. The van der Waals surface area contributed by atoms with Crippen LogP contribution in [0, 0.1) is 20.8 Å². The number of rotatable bonds is 4. The monoisotopic (exact) mass is 284 g/mol. The molecule has 1 N–H and O–H groups in total. The Balaban J connectivity index is 2.02. The Morgan fingerprint density at radius 1 is 1.14 bits per heavy atom. The number of nitrogens with one attached hydrogen (secondary N) is 1. The number of nitrogens with zero attached hydrogens (tertiary/aromatic N) is 1. The van der Waals surface area contributed by atoms with E-state index in [4.69, 9.17) is 4.74 Å². The van der Waals surface area contributed by atoms with Crippen molar-refractivity contribution >= 4 is 11.7 Å². The third kappa shape index (κ3) is 4.05. The van der Waals surface area contributed by atoms with Crippen LogP contribution in [0.4, 0.5) is 5.82 Å². The van der Waals surface area contributed by atoms with Gasteiger partial charge in [-0.25, -0.2) is 4.98 Å². The first kappa shape index (κ1) is 15.0. The van der Waals surface area contributed by atoms with E-state index < -0.39 is 6.10 Å². The molecule has 2 aromatic rings. The fourth-order valence-electron chi connectivity index (χ4n) is 2.01. The van der Waals surface area contributed by atoms with Crippen LogP contribution >= 0.6 is 0 Å². The Morgan fingerprint density at radius 2 is 1.86 bits per heavy atom. The predicted octanol–water partition coefficient (Wildman–Crippen LogP) is 3.41. The summed E-state index contributed by atoms with van der Waals surface area (Å²) >= 11 is 0. The van der Waals surface area contributed by atoms with E-state index in [1.54, 1.807) is 13.1 Å². The smallest absolute Gasteiger partial charge is 0.266 e. The normalized spacial score (nSPS) is 11.8. The van der Waals surface area contributed by atoms with Gasteiger partial charge >= 0.3 is 0 Å². The molecule has 0 spiro atoms. The molecule has 1 amide bonds. The standard InChI is InChI=1S/C17H20N2O2/c1-11-5-6-15(13(3)9-11)21-14(4)17(20)19-16-10-12(2)7-8-18-16/h5-10,14H,1-4H3,(H,18,19,20)/t14-/m1/s1. The van der Waals surface area contributed by atoms with E-state index >= 15 is 0 Å². The number of carbonyl (C=O) groups is 1. The predicted molar refractivity (Wildman–Crippen MR) is 83.6 cm³/mol. The fraction of sp³-hybridized carbons (Fsp3) is 0.294. The van der Waals surface area contributed by atoms with Gasteiger partial charge in [0.2, 0.25) is 0 Å². The molecule has 4 heteroatoms. The molecule has 2 rings (SSSR count). The van der Waals surface area contributed by atoms with Crippen LogP contribution in [0.1, 0.15) is 23.6 Å². The van der Waals surface area contributed by atoms with Crippen molar-refractivity contribution in [3.8, 4) is 5.75 Å².